The summed E-state index contributed by atoms with van der Waals surface area (Å²) in [6, 6.07) is 3.10. The van der Waals surface area contributed by atoms with Crippen molar-refractivity contribution < 1.29 is 0 Å². The fraction of sp³-hybridized carbons (Fsp3) is 0.923. The molecule has 0 amide bonds. The van der Waals surface area contributed by atoms with Gasteiger partial charge in [-0.3, -0.25) is 0 Å². The van der Waals surface area contributed by atoms with Crippen LogP contribution in [0.5, 0.6) is 0 Å². The first-order valence-corrected chi connectivity index (χ1v) is 6.51. The molecule has 0 bridgehead atoms. The summed E-state index contributed by atoms with van der Waals surface area (Å²) in [6.07, 6.45) is 10.4. The van der Waals surface area contributed by atoms with E-state index in [1.165, 1.54) is 45.1 Å². The molecule has 0 radical (unpaired) electrons. The van der Waals surface area contributed by atoms with Crippen molar-refractivity contribution in [1.29, 1.82) is 5.26 Å². The lowest BCUT2D eigenvalue weighted by Gasteiger charge is -2.26. The van der Waals surface area contributed by atoms with Crippen LogP contribution in [0, 0.1) is 23.2 Å². The molecule has 0 atom stereocenters. The third kappa shape index (κ3) is 3.21. The summed E-state index contributed by atoms with van der Waals surface area (Å²) < 4.78 is 0. The van der Waals surface area contributed by atoms with E-state index in [9.17, 15) is 0 Å². The predicted molar refractivity (Wildman–Crippen MR) is 61.3 cm³/mol. The highest BCUT2D eigenvalue weighted by Gasteiger charge is 2.22. The molecule has 1 N–H and O–H groups in total. The van der Waals surface area contributed by atoms with Crippen LogP contribution in [0.1, 0.15) is 51.4 Å². The van der Waals surface area contributed by atoms with Gasteiger partial charge in [-0.15, -0.1) is 0 Å². The molecule has 0 aromatic rings. The first kappa shape index (κ1) is 11.0. The Labute approximate surface area is 93.0 Å². The van der Waals surface area contributed by atoms with Crippen LogP contribution in [-0.2, 0) is 0 Å². The summed E-state index contributed by atoms with van der Waals surface area (Å²) in [4.78, 5) is 0. The molecule has 0 aliphatic heterocycles. The normalized spacial score (nSPS) is 32.7. The van der Waals surface area contributed by atoms with Crippen molar-refractivity contribution in [2.45, 2.75) is 57.4 Å². The van der Waals surface area contributed by atoms with Crippen molar-refractivity contribution in [2.24, 2.45) is 11.8 Å². The highest BCUT2D eigenvalue weighted by Crippen LogP contribution is 2.26. The van der Waals surface area contributed by atoms with Crippen LogP contribution in [0.15, 0.2) is 0 Å². The molecule has 15 heavy (non-hydrogen) atoms. The number of hydrogen-bond acceptors (Lipinski definition) is 2. The van der Waals surface area contributed by atoms with Crippen LogP contribution >= 0.6 is 0 Å². The number of nitrogens with zero attached hydrogens (tertiary/aromatic N) is 1. The molecule has 2 fully saturated rings. The van der Waals surface area contributed by atoms with E-state index < -0.39 is 0 Å². The molecule has 2 aliphatic carbocycles. The lowest BCUT2D eigenvalue weighted by molar-refractivity contribution is 0.316. The molecule has 0 heterocycles. The van der Waals surface area contributed by atoms with Crippen LogP contribution in [0.25, 0.3) is 0 Å². The average molecular weight is 206 g/mol. The molecule has 0 aromatic heterocycles. The summed E-state index contributed by atoms with van der Waals surface area (Å²) in [5.74, 6) is 1.29. The lowest BCUT2D eigenvalue weighted by atomic mass is 9.87. The molecule has 84 valence electrons. The van der Waals surface area contributed by atoms with Crippen LogP contribution in [-0.4, -0.2) is 12.6 Å². The Morgan fingerprint density at radius 2 is 1.67 bits per heavy atom. The van der Waals surface area contributed by atoms with Gasteiger partial charge < -0.3 is 5.32 Å². The number of hydrogen-bond donors (Lipinski definition) is 1. The minimum Gasteiger partial charge on any atom is -0.314 e. The SMILES string of the molecule is N#CC1CCC(NCC2CCCC2)CC1. The van der Waals surface area contributed by atoms with Crippen molar-refractivity contribution in [2.75, 3.05) is 6.54 Å². The Kier molecular flexibility index (Phi) is 4.02. The maximum atomic E-state index is 8.81. The third-order valence-corrected chi connectivity index (χ3v) is 4.08. The molecule has 0 spiro atoms. The summed E-state index contributed by atoms with van der Waals surface area (Å²) >= 11 is 0. The minimum absolute atomic E-state index is 0.342. The second kappa shape index (κ2) is 5.51. The maximum absolute atomic E-state index is 8.81. The molecule has 2 heteroatoms. The van der Waals surface area contributed by atoms with Gasteiger partial charge in [0, 0.05) is 12.0 Å². The van der Waals surface area contributed by atoms with Crippen molar-refractivity contribution in [3.8, 4) is 6.07 Å². The largest absolute Gasteiger partial charge is 0.314 e. The number of rotatable bonds is 3. The Morgan fingerprint density at radius 3 is 2.27 bits per heavy atom. The highest BCUT2D eigenvalue weighted by molar-refractivity contribution is 4.89. The van der Waals surface area contributed by atoms with Gasteiger partial charge in [-0.2, -0.15) is 5.26 Å². The van der Waals surface area contributed by atoms with Gasteiger partial charge in [-0.25, -0.2) is 0 Å². The van der Waals surface area contributed by atoms with Gasteiger partial charge in [0.25, 0.3) is 0 Å². The minimum atomic E-state index is 0.342. The van der Waals surface area contributed by atoms with Gasteiger partial charge in [0.1, 0.15) is 0 Å². The quantitative estimate of drug-likeness (QED) is 0.770. The second-order valence-corrected chi connectivity index (χ2v) is 5.24. The van der Waals surface area contributed by atoms with Gasteiger partial charge in [0.2, 0.25) is 0 Å². The zero-order valence-corrected chi connectivity index (χ0v) is 9.54. The molecular formula is C13H22N2. The molecule has 2 rings (SSSR count). The van der Waals surface area contributed by atoms with E-state index in [1.54, 1.807) is 0 Å². The van der Waals surface area contributed by atoms with E-state index in [-0.39, 0.29) is 0 Å². The number of nitrogens with one attached hydrogen (secondary N) is 1. The van der Waals surface area contributed by atoms with Crippen molar-refractivity contribution in [1.82, 2.24) is 5.32 Å². The second-order valence-electron chi connectivity index (χ2n) is 5.24. The average Bonchev–Trinajstić information content (AvgIpc) is 2.80. The Bertz CT molecular complexity index is 217. The molecule has 2 nitrogen and oxygen atoms in total. The van der Waals surface area contributed by atoms with E-state index in [0.717, 1.165) is 18.8 Å². The Balaban J connectivity index is 1.62. The molecule has 2 aliphatic rings. The van der Waals surface area contributed by atoms with Gasteiger partial charge in [0.15, 0.2) is 0 Å². The van der Waals surface area contributed by atoms with Crippen LogP contribution in [0.3, 0.4) is 0 Å². The first-order valence-electron chi connectivity index (χ1n) is 6.51. The van der Waals surface area contributed by atoms with Crippen LogP contribution in [0.4, 0.5) is 0 Å². The molecule has 2 saturated carbocycles. The summed E-state index contributed by atoms with van der Waals surface area (Å²) in [5, 5.41) is 12.5. The third-order valence-electron chi connectivity index (χ3n) is 4.08. The Morgan fingerprint density at radius 1 is 1.00 bits per heavy atom. The van der Waals surface area contributed by atoms with Crippen molar-refractivity contribution >= 4 is 0 Å². The molecule has 0 saturated heterocycles. The highest BCUT2D eigenvalue weighted by atomic mass is 14.9. The summed E-state index contributed by atoms with van der Waals surface area (Å²) in [6.45, 7) is 1.22. The van der Waals surface area contributed by atoms with E-state index in [4.69, 9.17) is 5.26 Å². The topological polar surface area (TPSA) is 35.8 Å². The monoisotopic (exact) mass is 206 g/mol. The smallest absolute Gasteiger partial charge is 0.0655 e. The molecule has 0 unspecified atom stereocenters. The maximum Gasteiger partial charge on any atom is 0.0655 e. The van der Waals surface area contributed by atoms with E-state index in [0.29, 0.717) is 12.0 Å². The molecular weight excluding hydrogens is 184 g/mol. The number of nitriles is 1. The van der Waals surface area contributed by atoms with E-state index in [2.05, 4.69) is 11.4 Å². The van der Waals surface area contributed by atoms with Gasteiger partial charge >= 0.3 is 0 Å². The van der Waals surface area contributed by atoms with Gasteiger partial charge in [-0.1, -0.05) is 12.8 Å². The summed E-state index contributed by atoms with van der Waals surface area (Å²) in [5.41, 5.74) is 0. The molecule has 0 aromatic carbocycles. The predicted octanol–water partition coefficient (Wildman–Crippen LogP) is 2.85. The van der Waals surface area contributed by atoms with Crippen LogP contribution < -0.4 is 5.32 Å². The fourth-order valence-corrected chi connectivity index (χ4v) is 2.97. The first-order chi connectivity index (χ1) is 7.38. The Hall–Kier alpha value is -0.550. The summed E-state index contributed by atoms with van der Waals surface area (Å²) in [7, 11) is 0. The fourth-order valence-electron chi connectivity index (χ4n) is 2.97. The zero-order valence-electron chi connectivity index (χ0n) is 9.54. The van der Waals surface area contributed by atoms with E-state index >= 15 is 0 Å². The van der Waals surface area contributed by atoms with Gasteiger partial charge in [-0.05, 0) is 51.0 Å². The lowest BCUT2D eigenvalue weighted by Crippen LogP contribution is -2.35. The van der Waals surface area contributed by atoms with Crippen LogP contribution in [0.2, 0.25) is 0 Å². The van der Waals surface area contributed by atoms with Gasteiger partial charge in [0.05, 0.1) is 6.07 Å². The van der Waals surface area contributed by atoms with E-state index in [1.807, 2.05) is 0 Å². The standard InChI is InChI=1S/C13H22N2/c14-9-11-5-7-13(8-6-11)15-10-12-3-1-2-4-12/h11-13,15H,1-8,10H2. The van der Waals surface area contributed by atoms with Crippen molar-refractivity contribution in [3.05, 3.63) is 0 Å². The van der Waals surface area contributed by atoms with Crippen molar-refractivity contribution in [3.63, 3.8) is 0 Å². The zero-order chi connectivity index (χ0) is 10.5.